The minimum atomic E-state index is -0.782. The number of nitrogens with one attached hydrogen (secondary N) is 1. The highest BCUT2D eigenvalue weighted by Crippen LogP contribution is 2.20. The summed E-state index contributed by atoms with van der Waals surface area (Å²) < 4.78 is 30.1. The number of halogens is 2. The number of anilines is 1. The van der Waals surface area contributed by atoms with Crippen LogP contribution in [0, 0.1) is 25.5 Å². The second-order valence-electron chi connectivity index (χ2n) is 6.19. The first-order valence-corrected chi connectivity index (χ1v) is 9.18. The molecule has 9 heteroatoms. The number of carbonyl (C=O) groups excluding carboxylic acids is 2. The molecular weight excluding hydrogens is 396 g/mol. The third-order valence-electron chi connectivity index (χ3n) is 3.83. The van der Waals surface area contributed by atoms with Crippen molar-refractivity contribution in [1.29, 1.82) is 0 Å². The average Bonchev–Trinajstić information content (AvgIpc) is 3.15. The van der Waals surface area contributed by atoms with Crippen LogP contribution in [0.1, 0.15) is 31.0 Å². The van der Waals surface area contributed by atoms with Crippen molar-refractivity contribution in [3.05, 3.63) is 59.4 Å². The Hall–Kier alpha value is -2.91. The predicted octanol–water partition coefficient (Wildman–Crippen LogP) is 2.88. The van der Waals surface area contributed by atoms with Crippen molar-refractivity contribution in [3.63, 3.8) is 0 Å². The molecule has 2 heterocycles. The molecule has 30 heavy (non-hydrogen) atoms. The molecule has 2 amide bonds. The Morgan fingerprint density at radius 2 is 1.90 bits per heavy atom. The lowest BCUT2D eigenvalue weighted by Crippen LogP contribution is -2.27. The van der Waals surface area contributed by atoms with Gasteiger partial charge in [-0.15, -0.1) is 0 Å². The van der Waals surface area contributed by atoms with Gasteiger partial charge >= 0.3 is 0 Å². The number of pyridine rings is 1. The molecule has 2 atom stereocenters. The maximum Gasteiger partial charge on any atom is 0.253 e. The summed E-state index contributed by atoms with van der Waals surface area (Å²) in [7, 11) is 1.00. The molecule has 0 spiro atoms. The molecule has 1 saturated heterocycles. The number of nitrogens with two attached hydrogens (primary N) is 1. The minimum Gasteiger partial charge on any atom is -0.400 e. The number of aliphatic hydroxyl groups excluding tert-OH is 1. The van der Waals surface area contributed by atoms with Crippen LogP contribution >= 0.6 is 0 Å². The second-order valence-corrected chi connectivity index (χ2v) is 6.19. The van der Waals surface area contributed by atoms with Crippen LogP contribution in [0.3, 0.4) is 0 Å². The zero-order valence-corrected chi connectivity index (χ0v) is 17.6. The number of carbonyl (C=O) groups is 2. The van der Waals surface area contributed by atoms with E-state index in [0.29, 0.717) is 5.56 Å². The largest absolute Gasteiger partial charge is 0.400 e. The third-order valence-corrected chi connectivity index (χ3v) is 3.83. The summed E-state index contributed by atoms with van der Waals surface area (Å²) in [5.74, 6) is -1.59. The summed E-state index contributed by atoms with van der Waals surface area (Å²) in [6.45, 7) is 5.41. The summed E-state index contributed by atoms with van der Waals surface area (Å²) in [5, 5.41) is 9.84. The molecule has 1 aliphatic rings. The topological polar surface area (TPSA) is 115 Å². The molecule has 7 nitrogen and oxygen atoms in total. The van der Waals surface area contributed by atoms with Gasteiger partial charge in [0.15, 0.2) is 11.6 Å². The van der Waals surface area contributed by atoms with Crippen molar-refractivity contribution < 1.29 is 28.2 Å². The number of primary amides is 1. The molecule has 166 valence electrons. The molecule has 0 radical (unpaired) electrons. The summed E-state index contributed by atoms with van der Waals surface area (Å²) >= 11 is 0. The highest BCUT2D eigenvalue weighted by Gasteiger charge is 2.28. The van der Waals surface area contributed by atoms with Crippen molar-refractivity contribution in [3.8, 4) is 0 Å². The SMILES string of the molecule is CO.Cc1cc(NC(=O)C2CCC(C)O2)ccn1.Cc1cccc(F)c1F.NC=O. The van der Waals surface area contributed by atoms with E-state index < -0.39 is 11.6 Å². The Balaban J connectivity index is 0.000000508. The number of rotatable bonds is 2. The van der Waals surface area contributed by atoms with Gasteiger partial charge in [-0.2, -0.15) is 0 Å². The number of amides is 2. The van der Waals surface area contributed by atoms with Crippen molar-refractivity contribution >= 4 is 18.0 Å². The van der Waals surface area contributed by atoms with E-state index in [2.05, 4.69) is 16.0 Å². The lowest BCUT2D eigenvalue weighted by atomic mass is 10.2. The van der Waals surface area contributed by atoms with E-state index in [1.807, 2.05) is 19.9 Å². The standard InChI is InChI=1S/C12H16N2O2.C7H6F2.CH3NO.CH4O/c1-8-7-10(5-6-13-8)14-12(15)11-4-3-9(2)16-11;1-5-3-2-4-6(8)7(5)9;2-1-3;1-2/h5-7,9,11H,3-4H2,1-2H3,(H,13,14,15);2-4H,1H3;1H,(H2,2,3);2H,1H3. The van der Waals surface area contributed by atoms with Crippen LogP contribution in [0.2, 0.25) is 0 Å². The number of aliphatic hydroxyl groups is 1. The number of aryl methyl sites for hydroxylation is 2. The molecule has 0 bridgehead atoms. The van der Waals surface area contributed by atoms with Crippen LogP contribution in [-0.4, -0.2) is 41.7 Å². The summed E-state index contributed by atoms with van der Waals surface area (Å²) in [4.78, 5) is 24.5. The van der Waals surface area contributed by atoms with Crippen molar-refractivity contribution in [2.75, 3.05) is 12.4 Å². The monoisotopic (exact) mass is 425 g/mol. The number of hydrogen-bond donors (Lipinski definition) is 3. The Kier molecular flexibility index (Phi) is 13.5. The zero-order valence-electron chi connectivity index (χ0n) is 17.6. The van der Waals surface area contributed by atoms with Crippen molar-refractivity contribution in [2.45, 2.75) is 45.8 Å². The highest BCUT2D eigenvalue weighted by molar-refractivity contribution is 5.94. The predicted molar refractivity (Wildman–Crippen MR) is 111 cm³/mol. The van der Waals surface area contributed by atoms with Gasteiger partial charge in [-0.05, 0) is 57.4 Å². The van der Waals surface area contributed by atoms with E-state index >= 15 is 0 Å². The maximum atomic E-state index is 12.4. The molecule has 1 aromatic heterocycles. The van der Waals surface area contributed by atoms with Gasteiger partial charge in [0, 0.05) is 24.7 Å². The molecule has 4 N–H and O–H groups in total. The minimum absolute atomic E-state index is 0.0602. The van der Waals surface area contributed by atoms with Crippen molar-refractivity contribution in [1.82, 2.24) is 4.98 Å². The fourth-order valence-corrected chi connectivity index (χ4v) is 2.45. The molecule has 2 unspecified atom stereocenters. The summed E-state index contributed by atoms with van der Waals surface area (Å²) in [6, 6.07) is 7.73. The van der Waals surface area contributed by atoms with E-state index in [1.54, 1.807) is 12.3 Å². The van der Waals surface area contributed by atoms with Crippen LogP contribution in [-0.2, 0) is 14.3 Å². The van der Waals surface area contributed by atoms with Crippen LogP contribution < -0.4 is 11.1 Å². The number of ether oxygens (including phenoxy) is 1. The molecule has 2 aromatic rings. The fraction of sp³-hybridized carbons (Fsp3) is 0.381. The molecule has 1 aromatic carbocycles. The summed E-state index contributed by atoms with van der Waals surface area (Å²) in [5.41, 5.74) is 6.18. The Labute approximate surface area is 175 Å². The van der Waals surface area contributed by atoms with Crippen LogP contribution in [0.5, 0.6) is 0 Å². The number of nitrogens with zero attached hydrogens (tertiary/aromatic N) is 1. The number of aromatic nitrogens is 1. The smallest absolute Gasteiger partial charge is 0.253 e. The van der Waals surface area contributed by atoms with E-state index in [-0.39, 0.29) is 24.5 Å². The average molecular weight is 425 g/mol. The summed E-state index contributed by atoms with van der Waals surface area (Å²) in [6.07, 6.45) is 3.58. The fourth-order valence-electron chi connectivity index (χ4n) is 2.45. The Bertz CT molecular complexity index is 770. The Morgan fingerprint density at radius 1 is 1.27 bits per heavy atom. The Morgan fingerprint density at radius 3 is 2.37 bits per heavy atom. The molecule has 1 aliphatic heterocycles. The molecule has 0 aliphatic carbocycles. The van der Waals surface area contributed by atoms with E-state index in [4.69, 9.17) is 14.6 Å². The van der Waals surface area contributed by atoms with Gasteiger partial charge in [0.1, 0.15) is 6.10 Å². The van der Waals surface area contributed by atoms with Gasteiger partial charge in [-0.25, -0.2) is 8.78 Å². The lowest BCUT2D eigenvalue weighted by Gasteiger charge is -2.11. The van der Waals surface area contributed by atoms with Crippen molar-refractivity contribution in [2.24, 2.45) is 5.73 Å². The van der Waals surface area contributed by atoms with Crippen LogP contribution in [0.25, 0.3) is 0 Å². The number of benzene rings is 1. The lowest BCUT2D eigenvalue weighted by molar-refractivity contribution is -0.126. The first kappa shape index (κ1) is 27.1. The van der Waals surface area contributed by atoms with E-state index in [1.165, 1.54) is 19.1 Å². The van der Waals surface area contributed by atoms with Crippen LogP contribution in [0.15, 0.2) is 36.5 Å². The quantitative estimate of drug-likeness (QED) is 0.640. The molecule has 3 rings (SSSR count). The zero-order chi connectivity index (χ0) is 23.1. The second kappa shape index (κ2) is 15.0. The highest BCUT2D eigenvalue weighted by atomic mass is 19.2. The maximum absolute atomic E-state index is 12.4. The number of hydrogen-bond acceptors (Lipinski definition) is 5. The molecule has 1 fully saturated rings. The van der Waals surface area contributed by atoms with E-state index in [0.717, 1.165) is 37.4 Å². The van der Waals surface area contributed by atoms with E-state index in [9.17, 15) is 13.6 Å². The van der Waals surface area contributed by atoms with Gasteiger partial charge in [-0.1, -0.05) is 12.1 Å². The normalized spacial score (nSPS) is 16.5. The van der Waals surface area contributed by atoms with Crippen LogP contribution in [0.4, 0.5) is 14.5 Å². The van der Waals surface area contributed by atoms with Gasteiger partial charge in [0.25, 0.3) is 5.91 Å². The van der Waals surface area contributed by atoms with Gasteiger partial charge in [0.2, 0.25) is 6.41 Å². The third kappa shape index (κ3) is 10.0. The molecular formula is C21H29F2N3O4. The first-order chi connectivity index (χ1) is 14.3. The van der Waals surface area contributed by atoms with Gasteiger partial charge in [0.05, 0.1) is 6.10 Å². The molecule has 0 saturated carbocycles. The van der Waals surface area contributed by atoms with Gasteiger partial charge in [-0.3, -0.25) is 14.6 Å². The first-order valence-electron chi connectivity index (χ1n) is 9.18. The van der Waals surface area contributed by atoms with Gasteiger partial charge < -0.3 is 20.9 Å².